The van der Waals surface area contributed by atoms with Gasteiger partial charge in [-0.15, -0.1) is 0 Å². The van der Waals surface area contributed by atoms with E-state index in [0.717, 1.165) is 0 Å². The van der Waals surface area contributed by atoms with Crippen molar-refractivity contribution in [1.29, 1.82) is 0 Å². The maximum Gasteiger partial charge on any atom is 0.251 e. The van der Waals surface area contributed by atoms with Crippen molar-refractivity contribution in [3.05, 3.63) is 29.8 Å². The fourth-order valence-corrected chi connectivity index (χ4v) is 3.86. The second-order valence-corrected chi connectivity index (χ2v) is 7.15. The molecular weight excluding hydrogens is 318 g/mol. The summed E-state index contributed by atoms with van der Waals surface area (Å²) in [6, 6.07) is 7.08. The fraction of sp³-hybridized carbons (Fsp3) is 0.579. The Morgan fingerprint density at radius 3 is 2.40 bits per heavy atom. The molecule has 1 heterocycles. The van der Waals surface area contributed by atoms with Crippen molar-refractivity contribution < 1.29 is 14.7 Å². The lowest BCUT2D eigenvalue weighted by molar-refractivity contribution is -0.114. The smallest absolute Gasteiger partial charge is 0.251 e. The van der Waals surface area contributed by atoms with Crippen LogP contribution in [0.25, 0.3) is 0 Å². The van der Waals surface area contributed by atoms with Crippen molar-refractivity contribution in [2.45, 2.75) is 57.2 Å². The van der Waals surface area contributed by atoms with E-state index in [2.05, 4.69) is 15.5 Å². The van der Waals surface area contributed by atoms with Gasteiger partial charge in [-0.1, -0.05) is 19.3 Å². The minimum atomic E-state index is -0.524. The molecule has 0 spiro atoms. The Bertz CT molecular complexity index is 611. The first-order valence-electron chi connectivity index (χ1n) is 9.13. The van der Waals surface area contributed by atoms with E-state index in [9.17, 15) is 14.7 Å². The molecule has 2 atom stereocenters. The van der Waals surface area contributed by atoms with Gasteiger partial charge in [0.05, 0.1) is 12.1 Å². The van der Waals surface area contributed by atoms with Crippen molar-refractivity contribution in [3.8, 4) is 0 Å². The number of amides is 2. The number of anilines is 1. The van der Waals surface area contributed by atoms with Crippen LogP contribution < -0.4 is 10.6 Å². The van der Waals surface area contributed by atoms with Crippen molar-refractivity contribution >= 4 is 17.5 Å². The first-order chi connectivity index (χ1) is 12.0. The molecule has 6 heteroatoms. The standard InChI is InChI=1S/C19H27N3O3/c1-13(23)20-15-9-7-14(8-10-15)19(25)21-17-11-22(12-18(17)24)16-5-3-2-4-6-16/h7-10,16-18,24H,2-6,11-12H2,1H3,(H,20,23)(H,21,25)/t17-,18-/m0/s1. The van der Waals surface area contributed by atoms with E-state index in [0.29, 0.717) is 30.4 Å². The van der Waals surface area contributed by atoms with Gasteiger partial charge in [0.25, 0.3) is 5.91 Å². The Balaban J connectivity index is 1.56. The fourth-order valence-electron chi connectivity index (χ4n) is 3.86. The van der Waals surface area contributed by atoms with Crippen LogP contribution in [0, 0.1) is 0 Å². The van der Waals surface area contributed by atoms with E-state index in [1.54, 1.807) is 24.3 Å². The monoisotopic (exact) mass is 345 g/mol. The highest BCUT2D eigenvalue weighted by Gasteiger charge is 2.36. The molecule has 6 nitrogen and oxygen atoms in total. The number of nitrogens with one attached hydrogen (secondary N) is 2. The number of likely N-dealkylation sites (tertiary alicyclic amines) is 1. The molecule has 2 amide bonds. The van der Waals surface area contributed by atoms with E-state index in [4.69, 9.17) is 0 Å². The van der Waals surface area contributed by atoms with Crippen molar-refractivity contribution in [1.82, 2.24) is 10.2 Å². The van der Waals surface area contributed by atoms with Crippen LogP contribution in [-0.4, -0.2) is 53.1 Å². The molecule has 2 aliphatic rings. The first-order valence-corrected chi connectivity index (χ1v) is 9.13. The van der Waals surface area contributed by atoms with E-state index in [1.165, 1.54) is 39.0 Å². The average Bonchev–Trinajstić information content (AvgIpc) is 2.96. The molecule has 1 aromatic rings. The predicted octanol–water partition coefficient (Wildman–Crippen LogP) is 1.75. The molecule has 1 aliphatic carbocycles. The summed E-state index contributed by atoms with van der Waals surface area (Å²) in [5.74, 6) is -0.335. The number of aliphatic hydroxyl groups excluding tert-OH is 1. The molecule has 1 aliphatic heterocycles. The molecule has 3 N–H and O–H groups in total. The maximum atomic E-state index is 12.4. The van der Waals surface area contributed by atoms with Gasteiger partial charge in [-0.3, -0.25) is 14.5 Å². The van der Waals surface area contributed by atoms with Crippen LogP contribution in [0.3, 0.4) is 0 Å². The molecule has 0 aromatic heterocycles. The van der Waals surface area contributed by atoms with Crippen molar-refractivity contribution in [3.63, 3.8) is 0 Å². The van der Waals surface area contributed by atoms with Crippen LogP contribution in [0.1, 0.15) is 49.4 Å². The van der Waals surface area contributed by atoms with Gasteiger partial charge in [-0.05, 0) is 37.1 Å². The van der Waals surface area contributed by atoms with Gasteiger partial charge in [0, 0.05) is 37.3 Å². The number of carbonyl (C=O) groups is 2. The van der Waals surface area contributed by atoms with E-state index < -0.39 is 6.10 Å². The first kappa shape index (κ1) is 17.9. The minimum absolute atomic E-state index is 0.144. The summed E-state index contributed by atoms with van der Waals surface area (Å²) in [4.78, 5) is 25.8. The van der Waals surface area contributed by atoms with Gasteiger partial charge < -0.3 is 15.7 Å². The van der Waals surface area contributed by atoms with E-state index in [1.807, 2.05) is 0 Å². The summed E-state index contributed by atoms with van der Waals surface area (Å²) in [7, 11) is 0. The number of nitrogens with zero attached hydrogens (tertiary/aromatic N) is 1. The number of carbonyl (C=O) groups excluding carboxylic acids is 2. The van der Waals surface area contributed by atoms with Gasteiger partial charge >= 0.3 is 0 Å². The summed E-state index contributed by atoms with van der Waals surface area (Å²) < 4.78 is 0. The number of β-amino-alcohol motifs (C(OH)–C–C–N with tert-alkyl or cyclic N) is 1. The number of benzene rings is 1. The van der Waals surface area contributed by atoms with Gasteiger partial charge in [-0.25, -0.2) is 0 Å². The quantitative estimate of drug-likeness (QED) is 0.777. The molecule has 0 unspecified atom stereocenters. The third kappa shape index (κ3) is 4.58. The summed E-state index contributed by atoms with van der Waals surface area (Å²) in [6.45, 7) is 2.79. The normalized spacial score (nSPS) is 24.9. The van der Waals surface area contributed by atoms with E-state index >= 15 is 0 Å². The molecule has 1 saturated carbocycles. The van der Waals surface area contributed by atoms with Gasteiger partial charge in [0.2, 0.25) is 5.91 Å². The van der Waals surface area contributed by atoms with Crippen LogP contribution in [-0.2, 0) is 4.79 Å². The lowest BCUT2D eigenvalue weighted by atomic mass is 9.94. The molecule has 0 bridgehead atoms. The Morgan fingerprint density at radius 1 is 1.08 bits per heavy atom. The average molecular weight is 345 g/mol. The van der Waals surface area contributed by atoms with Crippen LogP contribution in [0.2, 0.25) is 0 Å². The summed E-state index contributed by atoms with van der Waals surface area (Å²) in [6.07, 6.45) is 5.69. The highest BCUT2D eigenvalue weighted by atomic mass is 16.3. The Hall–Kier alpha value is -1.92. The number of aliphatic hydroxyl groups is 1. The number of rotatable bonds is 4. The Kier molecular flexibility index (Phi) is 5.71. The van der Waals surface area contributed by atoms with Crippen molar-refractivity contribution in [2.75, 3.05) is 18.4 Å². The molecule has 1 aromatic carbocycles. The SMILES string of the molecule is CC(=O)Nc1ccc(C(=O)N[C@H]2CN(C3CCCCC3)C[C@@H]2O)cc1. The molecule has 1 saturated heterocycles. The molecular formula is C19H27N3O3. The second kappa shape index (κ2) is 7.97. The molecule has 2 fully saturated rings. The highest BCUT2D eigenvalue weighted by molar-refractivity contribution is 5.95. The topological polar surface area (TPSA) is 81.7 Å². The van der Waals surface area contributed by atoms with Gasteiger partial charge in [0.1, 0.15) is 0 Å². The zero-order chi connectivity index (χ0) is 17.8. The van der Waals surface area contributed by atoms with Gasteiger partial charge in [0.15, 0.2) is 0 Å². The highest BCUT2D eigenvalue weighted by Crippen LogP contribution is 2.26. The summed E-state index contributed by atoms with van der Waals surface area (Å²) in [5, 5.41) is 16.0. The van der Waals surface area contributed by atoms with Crippen molar-refractivity contribution in [2.24, 2.45) is 0 Å². The molecule has 0 radical (unpaired) electrons. The summed E-state index contributed by atoms with van der Waals surface area (Å²) >= 11 is 0. The third-order valence-corrected chi connectivity index (χ3v) is 5.19. The largest absolute Gasteiger partial charge is 0.390 e. The van der Waals surface area contributed by atoms with E-state index in [-0.39, 0.29) is 17.9 Å². The lowest BCUT2D eigenvalue weighted by Gasteiger charge is -2.30. The third-order valence-electron chi connectivity index (χ3n) is 5.19. The van der Waals surface area contributed by atoms with Crippen LogP contribution in [0.4, 0.5) is 5.69 Å². The number of hydrogen-bond acceptors (Lipinski definition) is 4. The Labute approximate surface area is 148 Å². The van der Waals surface area contributed by atoms with Gasteiger partial charge in [-0.2, -0.15) is 0 Å². The predicted molar refractivity (Wildman–Crippen MR) is 96.5 cm³/mol. The zero-order valence-electron chi connectivity index (χ0n) is 14.7. The summed E-state index contributed by atoms with van der Waals surface area (Å²) in [5.41, 5.74) is 1.19. The molecule has 25 heavy (non-hydrogen) atoms. The second-order valence-electron chi connectivity index (χ2n) is 7.15. The molecule has 3 rings (SSSR count). The Morgan fingerprint density at radius 2 is 1.76 bits per heavy atom. The number of hydrogen-bond donors (Lipinski definition) is 3. The maximum absolute atomic E-state index is 12.4. The van der Waals surface area contributed by atoms with Crippen LogP contribution in [0.15, 0.2) is 24.3 Å². The zero-order valence-corrected chi connectivity index (χ0v) is 14.7. The van der Waals surface area contributed by atoms with Crippen LogP contribution in [0.5, 0.6) is 0 Å². The van der Waals surface area contributed by atoms with Crippen LogP contribution >= 0.6 is 0 Å². The molecule has 136 valence electrons. The lowest BCUT2D eigenvalue weighted by Crippen LogP contribution is -2.43. The minimum Gasteiger partial charge on any atom is -0.390 e.